The van der Waals surface area contributed by atoms with E-state index in [0.29, 0.717) is 23.2 Å². The molecule has 3 aromatic rings. The fourth-order valence-electron chi connectivity index (χ4n) is 4.87. The molecule has 43 heavy (non-hydrogen) atoms. The summed E-state index contributed by atoms with van der Waals surface area (Å²) < 4.78 is 88.7. The zero-order chi connectivity index (χ0) is 31.7. The van der Waals surface area contributed by atoms with Gasteiger partial charge in [-0.1, -0.05) is 26.0 Å². The predicted octanol–water partition coefficient (Wildman–Crippen LogP) is 4.51. The molecule has 232 valence electrons. The molecular weight excluding hydrogens is 594 g/mol. The number of carboxylic acids is 1. The quantitative estimate of drug-likeness (QED) is 0.343. The summed E-state index contributed by atoms with van der Waals surface area (Å²) in [6.07, 6.45) is -4.35. The van der Waals surface area contributed by atoms with Gasteiger partial charge in [0.2, 0.25) is 16.0 Å². The molecule has 1 atom stereocenters. The molecule has 0 radical (unpaired) electrons. The highest BCUT2D eigenvalue weighted by Crippen LogP contribution is 2.34. The van der Waals surface area contributed by atoms with Crippen molar-refractivity contribution in [2.45, 2.75) is 37.5 Å². The van der Waals surface area contributed by atoms with Gasteiger partial charge in [0.1, 0.15) is 22.0 Å². The molecule has 2 heterocycles. The van der Waals surface area contributed by atoms with Crippen LogP contribution >= 0.6 is 0 Å². The zero-order valence-corrected chi connectivity index (χ0v) is 24.7. The average Bonchev–Trinajstić information content (AvgIpc) is 2.96. The van der Waals surface area contributed by atoms with Crippen LogP contribution in [0.5, 0.6) is 5.75 Å². The van der Waals surface area contributed by atoms with Gasteiger partial charge in [-0.2, -0.15) is 17.5 Å². The lowest BCUT2D eigenvalue weighted by atomic mass is 9.99. The molecule has 1 N–H and O–H groups in total. The Balaban J connectivity index is 1.59. The number of benzene rings is 2. The monoisotopic (exact) mass is 625 g/mol. The summed E-state index contributed by atoms with van der Waals surface area (Å²) in [5.74, 6) is -2.49. The van der Waals surface area contributed by atoms with Gasteiger partial charge < -0.3 is 19.6 Å². The van der Waals surface area contributed by atoms with Crippen LogP contribution in [0.2, 0.25) is 0 Å². The van der Waals surface area contributed by atoms with Crippen LogP contribution in [0.1, 0.15) is 35.5 Å². The Bertz CT molecular complexity index is 1590. The summed E-state index contributed by atoms with van der Waals surface area (Å²) in [5.41, 5.74) is -1.50. The smallest absolute Gasteiger partial charge is 0.434 e. The summed E-state index contributed by atoms with van der Waals surface area (Å²) in [4.78, 5) is 21.7. The van der Waals surface area contributed by atoms with Crippen molar-refractivity contribution < 1.29 is 40.6 Å². The first-order valence-electron chi connectivity index (χ1n) is 13.2. The second-order valence-corrected chi connectivity index (χ2v) is 12.4. The maximum absolute atomic E-state index is 14.9. The molecule has 1 fully saturated rings. The summed E-state index contributed by atoms with van der Waals surface area (Å²) in [7, 11) is -1.38. The minimum absolute atomic E-state index is 0.00925. The first-order chi connectivity index (χ1) is 20.1. The van der Waals surface area contributed by atoms with Crippen LogP contribution in [-0.4, -0.2) is 73.6 Å². The number of alkyl halides is 3. The van der Waals surface area contributed by atoms with Crippen molar-refractivity contribution in [3.05, 3.63) is 71.3 Å². The van der Waals surface area contributed by atoms with Crippen molar-refractivity contribution in [2.24, 2.45) is 5.92 Å². The molecule has 0 amide bonds. The van der Waals surface area contributed by atoms with Crippen molar-refractivity contribution >= 4 is 27.6 Å². The summed E-state index contributed by atoms with van der Waals surface area (Å²) in [5, 5.41) is 9.18. The third-order valence-corrected chi connectivity index (χ3v) is 9.07. The number of nitrogens with zero attached hydrogens (tertiary/aromatic N) is 5. The van der Waals surface area contributed by atoms with E-state index in [1.54, 1.807) is 29.2 Å². The minimum Gasteiger partial charge on any atom is -0.497 e. The second-order valence-electron chi connectivity index (χ2n) is 10.4. The number of anilines is 2. The highest BCUT2D eigenvalue weighted by Gasteiger charge is 2.40. The van der Waals surface area contributed by atoms with Crippen LogP contribution in [0.3, 0.4) is 0 Å². The number of hydrogen-bond acceptors (Lipinski definition) is 8. The number of sulfonamides is 1. The molecule has 2 aromatic carbocycles. The lowest BCUT2D eigenvalue weighted by molar-refractivity contribution is -0.141. The lowest BCUT2D eigenvalue weighted by Crippen LogP contribution is -2.56. The average molecular weight is 626 g/mol. The lowest BCUT2D eigenvalue weighted by Gasteiger charge is -2.44. The van der Waals surface area contributed by atoms with Crippen LogP contribution in [0.4, 0.5) is 29.2 Å². The number of halogens is 4. The van der Waals surface area contributed by atoms with Gasteiger partial charge in [0.25, 0.3) is 0 Å². The van der Waals surface area contributed by atoms with Crippen molar-refractivity contribution in [1.82, 2.24) is 14.3 Å². The van der Waals surface area contributed by atoms with E-state index in [2.05, 4.69) is 9.97 Å². The summed E-state index contributed by atoms with van der Waals surface area (Å²) in [6, 6.07) is 10.1. The molecule has 10 nitrogen and oxygen atoms in total. The summed E-state index contributed by atoms with van der Waals surface area (Å²) >= 11 is 0. The molecular formula is C28H31F4N5O5S. The van der Waals surface area contributed by atoms with Crippen molar-refractivity contribution in [3.63, 3.8) is 0 Å². The number of aromatic carboxylic acids is 1. The number of ether oxygens (including phenoxy) is 1. The number of hydrogen-bond donors (Lipinski definition) is 1. The van der Waals surface area contributed by atoms with E-state index in [0.717, 1.165) is 10.4 Å². The molecule has 15 heteroatoms. The van der Waals surface area contributed by atoms with E-state index in [4.69, 9.17) is 4.74 Å². The molecule has 0 spiro atoms. The normalized spacial score (nSPS) is 16.2. The van der Waals surface area contributed by atoms with E-state index >= 15 is 0 Å². The Morgan fingerprint density at radius 3 is 2.42 bits per heavy atom. The zero-order valence-electron chi connectivity index (χ0n) is 23.8. The Labute approximate surface area is 246 Å². The maximum atomic E-state index is 14.9. The first-order valence-corrected chi connectivity index (χ1v) is 14.7. The van der Waals surface area contributed by atoms with Crippen LogP contribution in [0.15, 0.2) is 53.6 Å². The Hall–Kier alpha value is -3.98. The molecule has 0 bridgehead atoms. The Morgan fingerprint density at radius 2 is 1.84 bits per heavy atom. The minimum atomic E-state index is -5.00. The van der Waals surface area contributed by atoms with Gasteiger partial charge in [-0.15, -0.1) is 0 Å². The number of carbonyl (C=O) groups is 1. The van der Waals surface area contributed by atoms with E-state index in [9.17, 15) is 35.9 Å². The number of carboxylic acid groups (broad SMARTS) is 1. The Morgan fingerprint density at radius 1 is 1.16 bits per heavy atom. The van der Waals surface area contributed by atoms with Gasteiger partial charge in [-0.3, -0.25) is 0 Å². The van der Waals surface area contributed by atoms with Gasteiger partial charge in [0.15, 0.2) is 5.69 Å². The van der Waals surface area contributed by atoms with Gasteiger partial charge >= 0.3 is 12.1 Å². The molecule has 1 saturated heterocycles. The van der Waals surface area contributed by atoms with Crippen molar-refractivity contribution in [1.29, 1.82) is 0 Å². The number of piperazine rings is 1. The van der Waals surface area contributed by atoms with E-state index in [1.807, 2.05) is 18.7 Å². The SMILES string of the molecule is COc1ccc(CN(C)S(=O)(=O)c2cc(N3CCN(c4ncc(C(=O)O)c(C(F)(F)F)n4)C(C(C)C)C3)ccc2F)cc1. The van der Waals surface area contributed by atoms with Crippen molar-refractivity contribution in [2.75, 3.05) is 43.6 Å². The van der Waals surface area contributed by atoms with Crippen LogP contribution in [0.25, 0.3) is 0 Å². The van der Waals surface area contributed by atoms with Crippen LogP contribution in [-0.2, 0) is 22.7 Å². The molecule has 0 saturated carbocycles. The van der Waals surface area contributed by atoms with Gasteiger partial charge in [0.05, 0.1) is 13.2 Å². The van der Waals surface area contributed by atoms with E-state index in [1.165, 1.54) is 26.3 Å². The molecule has 0 aliphatic carbocycles. The molecule has 1 aromatic heterocycles. The first kappa shape index (κ1) is 31.9. The van der Waals surface area contributed by atoms with Gasteiger partial charge in [-0.05, 0) is 41.8 Å². The highest BCUT2D eigenvalue weighted by atomic mass is 32.2. The van der Waals surface area contributed by atoms with Gasteiger partial charge in [-0.25, -0.2) is 27.6 Å². The van der Waals surface area contributed by atoms with E-state index < -0.39 is 50.2 Å². The van der Waals surface area contributed by atoms with E-state index in [-0.39, 0.29) is 38.0 Å². The molecule has 4 rings (SSSR count). The fourth-order valence-corrected chi connectivity index (χ4v) is 6.11. The molecule has 1 aliphatic rings. The Kier molecular flexibility index (Phi) is 9.16. The number of rotatable bonds is 9. The molecule has 1 unspecified atom stereocenters. The second kappa shape index (κ2) is 12.3. The molecule has 1 aliphatic heterocycles. The standard InChI is InChI=1S/C28H31F4N5O5S/c1-17(2)23-16-36(11-12-37(23)27-33-14-21(26(38)39)25(34-27)28(30,31)32)19-7-10-22(29)24(13-19)43(40,41)35(3)15-18-5-8-20(42-4)9-6-18/h5-10,13-14,17,23H,11-12,15-16H2,1-4H3,(H,38,39). The predicted molar refractivity (Wildman–Crippen MR) is 150 cm³/mol. The van der Waals surface area contributed by atoms with Crippen LogP contribution < -0.4 is 14.5 Å². The topological polar surface area (TPSA) is 116 Å². The van der Waals surface area contributed by atoms with Crippen LogP contribution in [0, 0.1) is 11.7 Å². The van der Waals surface area contributed by atoms with Gasteiger partial charge in [0, 0.05) is 45.1 Å². The fraction of sp³-hybridized carbons (Fsp3) is 0.393. The number of aromatic nitrogens is 2. The summed E-state index contributed by atoms with van der Waals surface area (Å²) in [6.45, 7) is 4.30. The third-order valence-electron chi connectivity index (χ3n) is 7.25. The highest BCUT2D eigenvalue weighted by molar-refractivity contribution is 7.89. The number of methoxy groups -OCH3 is 1. The maximum Gasteiger partial charge on any atom is 0.434 e. The third kappa shape index (κ3) is 6.82. The largest absolute Gasteiger partial charge is 0.497 e. The van der Waals surface area contributed by atoms with Crippen molar-refractivity contribution in [3.8, 4) is 5.75 Å².